The average molecular weight is 311 g/mol. The summed E-state index contributed by atoms with van der Waals surface area (Å²) in [7, 11) is 0. The van der Waals surface area contributed by atoms with Crippen molar-refractivity contribution in [2.45, 2.75) is 78.7 Å². The molecular weight excluding hydrogens is 278 g/mol. The molecule has 0 N–H and O–H groups in total. The monoisotopic (exact) mass is 311 g/mol. The Bertz CT molecular complexity index is 373. The van der Waals surface area contributed by atoms with Crippen LogP contribution in [0.4, 0.5) is 4.79 Å². The molecule has 2 unspecified atom stereocenters. The summed E-state index contributed by atoms with van der Waals surface area (Å²) in [5.41, 5.74) is -0.480. The van der Waals surface area contributed by atoms with Gasteiger partial charge >= 0.3 is 6.09 Å². The van der Waals surface area contributed by atoms with E-state index in [2.05, 4.69) is 13.8 Å². The van der Waals surface area contributed by atoms with Gasteiger partial charge in [-0.1, -0.05) is 39.5 Å². The molecule has 1 amide bonds. The Morgan fingerprint density at radius 2 is 1.95 bits per heavy atom. The zero-order chi connectivity index (χ0) is 16.8. The molecule has 0 spiro atoms. The predicted octanol–water partition coefficient (Wildman–Crippen LogP) is 4.42. The molecule has 0 aromatic heterocycles. The molecular formula is C18H33NO3. The first-order valence-corrected chi connectivity index (χ1v) is 8.77. The zero-order valence-corrected chi connectivity index (χ0v) is 15.0. The van der Waals surface area contributed by atoms with Gasteiger partial charge in [-0.3, -0.25) is 4.79 Å². The van der Waals surface area contributed by atoms with Crippen LogP contribution in [0.3, 0.4) is 0 Å². The number of unbranched alkanes of at least 4 members (excludes halogenated alkanes) is 1. The van der Waals surface area contributed by atoms with Crippen molar-refractivity contribution in [1.29, 1.82) is 0 Å². The average Bonchev–Trinajstić information content (AvgIpc) is 2.91. The van der Waals surface area contributed by atoms with E-state index in [9.17, 15) is 9.59 Å². The summed E-state index contributed by atoms with van der Waals surface area (Å²) in [4.78, 5) is 26.2. The number of likely N-dealkylation sites (tertiary alicyclic amines) is 1. The molecule has 0 saturated carbocycles. The number of ketones is 1. The van der Waals surface area contributed by atoms with E-state index in [4.69, 9.17) is 4.74 Å². The highest BCUT2D eigenvalue weighted by Crippen LogP contribution is 2.25. The standard InChI is InChI=1S/C18H33NO3/c1-6-8-9-14(7-2)12-16(20)15-10-11-19(13-15)17(21)22-18(3,4)5/h14-15H,6-13H2,1-5H3. The molecule has 4 heteroatoms. The van der Waals surface area contributed by atoms with Crippen molar-refractivity contribution in [2.75, 3.05) is 13.1 Å². The normalized spacial score (nSPS) is 20.0. The Balaban J connectivity index is 2.44. The molecule has 2 atom stereocenters. The lowest BCUT2D eigenvalue weighted by atomic mass is 9.89. The highest BCUT2D eigenvalue weighted by molar-refractivity contribution is 5.82. The maximum atomic E-state index is 12.5. The van der Waals surface area contributed by atoms with E-state index in [0.29, 0.717) is 31.2 Å². The van der Waals surface area contributed by atoms with Crippen molar-refractivity contribution >= 4 is 11.9 Å². The van der Waals surface area contributed by atoms with Crippen LogP contribution in [-0.2, 0) is 9.53 Å². The SMILES string of the molecule is CCCCC(CC)CC(=O)C1CCN(C(=O)OC(C)(C)C)C1. The van der Waals surface area contributed by atoms with Gasteiger partial charge in [0.2, 0.25) is 0 Å². The molecule has 128 valence electrons. The second-order valence-corrected chi connectivity index (χ2v) is 7.50. The second-order valence-electron chi connectivity index (χ2n) is 7.50. The summed E-state index contributed by atoms with van der Waals surface area (Å²) < 4.78 is 5.38. The first-order valence-electron chi connectivity index (χ1n) is 8.77. The minimum Gasteiger partial charge on any atom is -0.444 e. The minimum atomic E-state index is -0.480. The van der Waals surface area contributed by atoms with Gasteiger partial charge in [-0.05, 0) is 33.1 Å². The number of ether oxygens (including phenoxy) is 1. The Kier molecular flexibility index (Phi) is 7.37. The van der Waals surface area contributed by atoms with Gasteiger partial charge in [0.25, 0.3) is 0 Å². The van der Waals surface area contributed by atoms with E-state index in [-0.39, 0.29) is 12.0 Å². The zero-order valence-electron chi connectivity index (χ0n) is 15.0. The Labute approximate surface area is 135 Å². The van der Waals surface area contributed by atoms with Gasteiger partial charge in [0.05, 0.1) is 0 Å². The highest BCUT2D eigenvalue weighted by Gasteiger charge is 2.33. The molecule has 1 fully saturated rings. The highest BCUT2D eigenvalue weighted by atomic mass is 16.6. The van der Waals surface area contributed by atoms with Gasteiger partial charge in [0.15, 0.2) is 0 Å². The van der Waals surface area contributed by atoms with E-state index < -0.39 is 5.60 Å². The van der Waals surface area contributed by atoms with Crippen molar-refractivity contribution < 1.29 is 14.3 Å². The molecule has 1 aliphatic heterocycles. The quantitative estimate of drug-likeness (QED) is 0.699. The van der Waals surface area contributed by atoms with Crippen molar-refractivity contribution in [1.82, 2.24) is 4.90 Å². The van der Waals surface area contributed by atoms with E-state index in [0.717, 1.165) is 19.3 Å². The van der Waals surface area contributed by atoms with Gasteiger partial charge in [-0.15, -0.1) is 0 Å². The molecule has 1 heterocycles. The number of rotatable bonds is 7. The first-order chi connectivity index (χ1) is 10.3. The summed E-state index contributed by atoms with van der Waals surface area (Å²) in [5, 5.41) is 0. The maximum absolute atomic E-state index is 12.5. The molecule has 4 nitrogen and oxygen atoms in total. The van der Waals surface area contributed by atoms with Crippen molar-refractivity contribution in [3.63, 3.8) is 0 Å². The lowest BCUT2D eigenvalue weighted by molar-refractivity contribution is -0.123. The second kappa shape index (κ2) is 8.54. The predicted molar refractivity (Wildman–Crippen MR) is 88.8 cm³/mol. The number of carbonyl (C=O) groups excluding carboxylic acids is 2. The molecule has 0 aromatic carbocycles. The van der Waals surface area contributed by atoms with Crippen LogP contribution >= 0.6 is 0 Å². The fourth-order valence-electron chi connectivity index (χ4n) is 2.91. The van der Waals surface area contributed by atoms with Crippen LogP contribution in [-0.4, -0.2) is 35.5 Å². The number of hydrogen-bond donors (Lipinski definition) is 0. The number of hydrogen-bond acceptors (Lipinski definition) is 3. The van der Waals surface area contributed by atoms with E-state index >= 15 is 0 Å². The van der Waals surface area contributed by atoms with Gasteiger partial charge in [0, 0.05) is 25.4 Å². The number of Topliss-reactive ketones (excluding diaryl/α,β-unsaturated/α-hetero) is 1. The van der Waals surface area contributed by atoms with Crippen LogP contribution in [0.15, 0.2) is 0 Å². The van der Waals surface area contributed by atoms with Crippen LogP contribution in [0, 0.1) is 11.8 Å². The lowest BCUT2D eigenvalue weighted by Crippen LogP contribution is -2.36. The van der Waals surface area contributed by atoms with Crippen LogP contribution < -0.4 is 0 Å². The first kappa shape index (κ1) is 19.0. The largest absolute Gasteiger partial charge is 0.444 e. The van der Waals surface area contributed by atoms with E-state index in [1.54, 1.807) is 4.90 Å². The molecule has 22 heavy (non-hydrogen) atoms. The number of nitrogens with zero attached hydrogens (tertiary/aromatic N) is 1. The molecule has 1 rings (SSSR count). The Morgan fingerprint density at radius 1 is 1.27 bits per heavy atom. The summed E-state index contributed by atoms with van der Waals surface area (Å²) in [6.45, 7) is 11.1. The fourth-order valence-corrected chi connectivity index (χ4v) is 2.91. The Morgan fingerprint density at radius 3 is 2.50 bits per heavy atom. The topological polar surface area (TPSA) is 46.6 Å². The summed E-state index contributed by atoms with van der Waals surface area (Å²) in [6, 6.07) is 0. The van der Waals surface area contributed by atoms with Crippen molar-refractivity contribution in [3.05, 3.63) is 0 Å². The number of amides is 1. The summed E-state index contributed by atoms with van der Waals surface area (Å²) in [5.74, 6) is 0.834. The van der Waals surface area contributed by atoms with Gasteiger partial charge in [-0.25, -0.2) is 4.79 Å². The Hall–Kier alpha value is -1.06. The molecule has 0 bridgehead atoms. The summed E-state index contributed by atoms with van der Waals surface area (Å²) in [6.07, 6.45) is 5.74. The summed E-state index contributed by atoms with van der Waals surface area (Å²) >= 11 is 0. The lowest BCUT2D eigenvalue weighted by Gasteiger charge is -2.24. The third-order valence-corrected chi connectivity index (χ3v) is 4.33. The van der Waals surface area contributed by atoms with Crippen molar-refractivity contribution in [2.24, 2.45) is 11.8 Å². The molecule has 0 aromatic rings. The third kappa shape index (κ3) is 6.37. The molecule has 1 saturated heterocycles. The van der Waals surface area contributed by atoms with E-state index in [1.807, 2.05) is 20.8 Å². The number of carbonyl (C=O) groups is 2. The van der Waals surface area contributed by atoms with Crippen LogP contribution in [0.1, 0.15) is 73.1 Å². The third-order valence-electron chi connectivity index (χ3n) is 4.33. The minimum absolute atomic E-state index is 0.00296. The van der Waals surface area contributed by atoms with Crippen LogP contribution in [0.2, 0.25) is 0 Å². The fraction of sp³-hybridized carbons (Fsp3) is 0.889. The van der Waals surface area contributed by atoms with Crippen molar-refractivity contribution in [3.8, 4) is 0 Å². The maximum Gasteiger partial charge on any atom is 0.410 e. The van der Waals surface area contributed by atoms with Gasteiger partial charge in [-0.2, -0.15) is 0 Å². The van der Waals surface area contributed by atoms with Crippen LogP contribution in [0.5, 0.6) is 0 Å². The molecule has 0 radical (unpaired) electrons. The molecule has 1 aliphatic rings. The molecule has 0 aliphatic carbocycles. The van der Waals surface area contributed by atoms with Crippen LogP contribution in [0.25, 0.3) is 0 Å². The van der Waals surface area contributed by atoms with E-state index in [1.165, 1.54) is 12.8 Å². The van der Waals surface area contributed by atoms with Gasteiger partial charge in [0.1, 0.15) is 11.4 Å². The smallest absolute Gasteiger partial charge is 0.410 e. The van der Waals surface area contributed by atoms with Gasteiger partial charge < -0.3 is 9.64 Å².